The highest BCUT2D eigenvalue weighted by atomic mass is 19.4. The number of pyridine rings is 1. The maximum atomic E-state index is 13.6. The van der Waals surface area contributed by atoms with Gasteiger partial charge in [0.2, 0.25) is 0 Å². The number of carbonyl (C=O) groups is 1. The topological polar surface area (TPSA) is 63.2 Å². The second-order valence-corrected chi connectivity index (χ2v) is 5.05. The maximum absolute atomic E-state index is 13.6. The Kier molecular flexibility index (Phi) is 5.79. The van der Waals surface area contributed by atoms with Gasteiger partial charge in [-0.25, -0.2) is 9.37 Å². The first-order valence-electron chi connectivity index (χ1n) is 7.16. The lowest BCUT2D eigenvalue weighted by Crippen LogP contribution is -2.24. The maximum Gasteiger partial charge on any atom is 0.405 e. The molecule has 1 amide bonds. The van der Waals surface area contributed by atoms with Gasteiger partial charge >= 0.3 is 6.18 Å². The molecule has 25 heavy (non-hydrogen) atoms. The van der Waals surface area contributed by atoms with Gasteiger partial charge in [-0.15, -0.1) is 0 Å². The Morgan fingerprint density at radius 2 is 2.00 bits per heavy atom. The van der Waals surface area contributed by atoms with Gasteiger partial charge in [-0.05, 0) is 29.8 Å². The third-order valence-electron chi connectivity index (χ3n) is 3.16. The average Bonchev–Trinajstić information content (AvgIpc) is 2.58. The molecule has 0 fully saturated rings. The summed E-state index contributed by atoms with van der Waals surface area (Å²) >= 11 is 0. The van der Waals surface area contributed by atoms with Gasteiger partial charge in [0.15, 0.2) is 11.6 Å². The summed E-state index contributed by atoms with van der Waals surface area (Å²) in [7, 11) is 1.35. The zero-order chi connectivity index (χ0) is 18.4. The minimum Gasteiger partial charge on any atom is -0.494 e. The van der Waals surface area contributed by atoms with Gasteiger partial charge < -0.3 is 15.4 Å². The molecule has 0 unspecified atom stereocenters. The number of nitrogens with one attached hydrogen (secondary N) is 2. The summed E-state index contributed by atoms with van der Waals surface area (Å²) in [6.45, 7) is -1.14. The Morgan fingerprint density at radius 1 is 1.24 bits per heavy atom. The van der Waals surface area contributed by atoms with Crippen LogP contribution in [0.2, 0.25) is 0 Å². The predicted molar refractivity (Wildman–Crippen MR) is 82.9 cm³/mol. The first-order valence-corrected chi connectivity index (χ1v) is 7.16. The van der Waals surface area contributed by atoms with Crippen LogP contribution in [0.4, 0.5) is 23.4 Å². The molecule has 0 radical (unpaired) electrons. The minimum atomic E-state index is -4.36. The van der Waals surface area contributed by atoms with Crippen molar-refractivity contribution < 1.29 is 27.1 Å². The molecule has 0 aliphatic rings. The van der Waals surface area contributed by atoms with Crippen LogP contribution in [-0.4, -0.2) is 30.7 Å². The van der Waals surface area contributed by atoms with Crippen LogP contribution in [0.25, 0.3) is 0 Å². The van der Waals surface area contributed by atoms with Crippen molar-refractivity contribution in [3.05, 3.63) is 53.5 Å². The lowest BCUT2D eigenvalue weighted by Gasteiger charge is -2.10. The van der Waals surface area contributed by atoms with E-state index < -0.39 is 24.4 Å². The summed E-state index contributed by atoms with van der Waals surface area (Å²) in [5.74, 6) is -0.922. The molecule has 1 aromatic carbocycles. The summed E-state index contributed by atoms with van der Waals surface area (Å²) < 4.78 is 54.7. The first kappa shape index (κ1) is 18.5. The molecular weight excluding hydrogens is 342 g/mol. The Hall–Kier alpha value is -2.84. The first-order chi connectivity index (χ1) is 11.8. The molecule has 1 aromatic heterocycles. The molecule has 0 saturated heterocycles. The van der Waals surface area contributed by atoms with E-state index in [0.29, 0.717) is 5.56 Å². The highest BCUT2D eigenvalue weighted by molar-refractivity contribution is 5.94. The van der Waals surface area contributed by atoms with Crippen molar-refractivity contribution in [3.63, 3.8) is 0 Å². The van der Waals surface area contributed by atoms with Crippen LogP contribution in [-0.2, 0) is 6.54 Å². The van der Waals surface area contributed by atoms with Gasteiger partial charge in [-0.1, -0.05) is 6.07 Å². The van der Waals surface area contributed by atoms with E-state index in [1.807, 2.05) is 0 Å². The number of methoxy groups -OCH3 is 1. The number of anilines is 1. The molecule has 2 N–H and O–H groups in total. The van der Waals surface area contributed by atoms with Crippen molar-refractivity contribution in [2.24, 2.45) is 0 Å². The summed E-state index contributed by atoms with van der Waals surface area (Å²) in [4.78, 5) is 15.7. The summed E-state index contributed by atoms with van der Waals surface area (Å²) in [5.41, 5.74) is 0.703. The molecule has 0 spiro atoms. The molecule has 2 rings (SSSR count). The number of alkyl halides is 3. The van der Waals surface area contributed by atoms with Crippen LogP contribution in [0.15, 0.2) is 36.5 Å². The number of aromatic nitrogens is 1. The van der Waals surface area contributed by atoms with E-state index in [1.54, 1.807) is 6.07 Å². The van der Waals surface area contributed by atoms with Gasteiger partial charge in [-0.2, -0.15) is 13.2 Å². The van der Waals surface area contributed by atoms with Gasteiger partial charge in [0.1, 0.15) is 12.4 Å². The van der Waals surface area contributed by atoms with E-state index in [2.05, 4.69) is 15.6 Å². The fourth-order valence-electron chi connectivity index (χ4n) is 1.93. The smallest absolute Gasteiger partial charge is 0.405 e. The quantitative estimate of drug-likeness (QED) is 0.780. The largest absolute Gasteiger partial charge is 0.494 e. The van der Waals surface area contributed by atoms with E-state index in [9.17, 15) is 22.4 Å². The number of hydrogen-bond donors (Lipinski definition) is 2. The molecule has 2 aromatic rings. The Labute approximate surface area is 141 Å². The number of benzene rings is 1. The number of rotatable bonds is 6. The number of carbonyl (C=O) groups excluding carboxylic acids is 1. The Balaban J connectivity index is 1.91. The SMILES string of the molecule is COc1ccc(CNC(=O)c2ccc(NCC(F)(F)F)nc2)cc1F. The number of ether oxygens (including phenoxy) is 1. The second-order valence-electron chi connectivity index (χ2n) is 5.05. The zero-order valence-electron chi connectivity index (χ0n) is 13.2. The van der Waals surface area contributed by atoms with Gasteiger partial charge in [0.05, 0.1) is 12.7 Å². The molecule has 0 aliphatic heterocycles. The highest BCUT2D eigenvalue weighted by Gasteiger charge is 2.26. The van der Waals surface area contributed by atoms with Crippen molar-refractivity contribution in [1.29, 1.82) is 0 Å². The van der Waals surface area contributed by atoms with Crippen LogP contribution in [0.1, 0.15) is 15.9 Å². The summed E-state index contributed by atoms with van der Waals surface area (Å²) in [5, 5.41) is 4.67. The van der Waals surface area contributed by atoms with Crippen molar-refractivity contribution >= 4 is 11.7 Å². The van der Waals surface area contributed by atoms with E-state index >= 15 is 0 Å². The molecule has 9 heteroatoms. The molecule has 1 heterocycles. The van der Waals surface area contributed by atoms with Crippen molar-refractivity contribution in [2.45, 2.75) is 12.7 Å². The number of hydrogen-bond acceptors (Lipinski definition) is 4. The van der Waals surface area contributed by atoms with Gasteiger partial charge in [0.25, 0.3) is 5.91 Å². The molecule has 0 atom stereocenters. The number of amides is 1. The molecule has 0 bridgehead atoms. The summed E-state index contributed by atoms with van der Waals surface area (Å²) in [6.07, 6.45) is -3.20. The van der Waals surface area contributed by atoms with Crippen LogP contribution in [0.5, 0.6) is 5.75 Å². The predicted octanol–water partition coefficient (Wildman–Crippen LogP) is 3.13. The molecule has 134 valence electrons. The summed E-state index contributed by atoms with van der Waals surface area (Å²) in [6, 6.07) is 6.90. The van der Waals surface area contributed by atoms with Crippen LogP contribution < -0.4 is 15.4 Å². The lowest BCUT2D eigenvalue weighted by atomic mass is 10.2. The van der Waals surface area contributed by atoms with E-state index in [1.165, 1.54) is 31.4 Å². The van der Waals surface area contributed by atoms with Gasteiger partial charge in [-0.3, -0.25) is 4.79 Å². The van der Waals surface area contributed by atoms with Gasteiger partial charge in [0, 0.05) is 12.7 Å². The second kappa shape index (κ2) is 7.82. The highest BCUT2D eigenvalue weighted by Crippen LogP contribution is 2.18. The Morgan fingerprint density at radius 3 is 2.56 bits per heavy atom. The zero-order valence-corrected chi connectivity index (χ0v) is 13.2. The minimum absolute atomic E-state index is 0.00565. The third-order valence-corrected chi connectivity index (χ3v) is 3.16. The fourth-order valence-corrected chi connectivity index (χ4v) is 1.93. The fraction of sp³-hybridized carbons (Fsp3) is 0.250. The third kappa shape index (κ3) is 5.63. The van der Waals surface area contributed by atoms with E-state index in [0.717, 1.165) is 6.20 Å². The van der Waals surface area contributed by atoms with Crippen molar-refractivity contribution in [2.75, 3.05) is 19.0 Å². The lowest BCUT2D eigenvalue weighted by molar-refractivity contribution is -0.115. The van der Waals surface area contributed by atoms with E-state index in [-0.39, 0.29) is 23.7 Å². The number of nitrogens with zero attached hydrogens (tertiary/aromatic N) is 1. The molecular formula is C16H15F4N3O2. The number of halogens is 4. The Bertz CT molecular complexity index is 733. The van der Waals surface area contributed by atoms with Crippen LogP contribution in [0, 0.1) is 5.82 Å². The molecule has 0 aliphatic carbocycles. The standard InChI is InChI=1S/C16H15F4N3O2/c1-25-13-4-2-10(6-12(13)17)7-22-15(24)11-3-5-14(21-8-11)23-9-16(18,19)20/h2-6,8H,7,9H2,1H3,(H,21,23)(H,22,24). The average molecular weight is 357 g/mol. The molecule has 0 saturated carbocycles. The molecule has 5 nitrogen and oxygen atoms in total. The van der Waals surface area contributed by atoms with Crippen LogP contribution >= 0.6 is 0 Å². The van der Waals surface area contributed by atoms with Crippen molar-refractivity contribution in [1.82, 2.24) is 10.3 Å². The van der Waals surface area contributed by atoms with E-state index in [4.69, 9.17) is 4.74 Å². The normalized spacial score (nSPS) is 11.1. The van der Waals surface area contributed by atoms with Crippen LogP contribution in [0.3, 0.4) is 0 Å². The monoisotopic (exact) mass is 357 g/mol. The van der Waals surface area contributed by atoms with Crippen molar-refractivity contribution in [3.8, 4) is 5.75 Å².